The van der Waals surface area contributed by atoms with Gasteiger partial charge in [-0.3, -0.25) is 0 Å². The molecule has 0 radical (unpaired) electrons. The second-order valence-electron chi connectivity index (χ2n) is 6.70. The van der Waals surface area contributed by atoms with Gasteiger partial charge in [0.1, 0.15) is 11.4 Å². The van der Waals surface area contributed by atoms with Crippen LogP contribution in [0.5, 0.6) is 0 Å². The molecule has 0 aliphatic carbocycles. The number of rotatable bonds is 7. The molecule has 0 unspecified atom stereocenters. The average molecular weight is 490 g/mol. The van der Waals surface area contributed by atoms with Gasteiger partial charge in [0.25, 0.3) is 0 Å². The zero-order valence-electron chi connectivity index (χ0n) is 17.5. The second kappa shape index (κ2) is 9.21. The third-order valence-corrected chi connectivity index (χ3v) is 4.40. The zero-order valence-corrected chi connectivity index (χ0v) is 17.5. The van der Waals surface area contributed by atoms with Crippen LogP contribution >= 0.6 is 0 Å². The first-order chi connectivity index (χ1) is 17.2. The maximum atomic E-state index is 11.4. The molecule has 0 saturated carbocycles. The van der Waals surface area contributed by atoms with Crippen molar-refractivity contribution in [3.05, 3.63) is 59.2 Å². The van der Waals surface area contributed by atoms with Crippen molar-refractivity contribution in [3.8, 4) is 34.4 Å². The highest BCUT2D eigenvalue weighted by Crippen LogP contribution is 2.22. The molecule has 36 heavy (non-hydrogen) atoms. The molecule has 0 bridgehead atoms. The van der Waals surface area contributed by atoms with E-state index in [0.29, 0.717) is 0 Å². The van der Waals surface area contributed by atoms with E-state index in [4.69, 9.17) is 10.2 Å². The Kier molecular flexibility index (Phi) is 5.98. The van der Waals surface area contributed by atoms with E-state index in [9.17, 15) is 29.4 Å². The standard InChI is InChI=1S/C20H10N8O8/c29-17(30)11-13(19(33)34)25-27-15(23-11)9-5-1-3-7(21-9)8-4-2-6-10(22-8)16-24-12(18(31)32)14(20(35)36)26-28-16/h1-6H,(H,29,30)(H,31,32)(H,33,34)(H,35,36). The summed E-state index contributed by atoms with van der Waals surface area (Å²) in [6.07, 6.45) is 0. The Morgan fingerprint density at radius 3 is 1.11 bits per heavy atom. The maximum absolute atomic E-state index is 11.4. The number of aromatic nitrogens is 8. The quantitative estimate of drug-likeness (QED) is 0.277. The van der Waals surface area contributed by atoms with Crippen molar-refractivity contribution < 1.29 is 39.6 Å². The van der Waals surface area contributed by atoms with Crippen molar-refractivity contribution in [2.75, 3.05) is 0 Å². The number of carbonyl (C=O) groups is 4. The molecular formula is C20H10N8O8. The van der Waals surface area contributed by atoms with Gasteiger partial charge in [0.05, 0.1) is 11.4 Å². The zero-order chi connectivity index (χ0) is 26.0. The molecule has 0 aliphatic heterocycles. The number of hydrogen-bond acceptors (Lipinski definition) is 12. The van der Waals surface area contributed by atoms with Crippen LogP contribution < -0.4 is 0 Å². The number of carboxylic acids is 4. The van der Waals surface area contributed by atoms with Gasteiger partial charge in [0.2, 0.25) is 23.0 Å². The first-order valence-corrected chi connectivity index (χ1v) is 9.53. The van der Waals surface area contributed by atoms with Crippen molar-refractivity contribution in [3.63, 3.8) is 0 Å². The van der Waals surface area contributed by atoms with Gasteiger partial charge in [-0.15, -0.1) is 20.4 Å². The summed E-state index contributed by atoms with van der Waals surface area (Å²) in [6.45, 7) is 0. The number of hydrogen-bond donors (Lipinski definition) is 4. The first-order valence-electron chi connectivity index (χ1n) is 9.53. The average Bonchev–Trinajstić information content (AvgIpc) is 2.88. The summed E-state index contributed by atoms with van der Waals surface area (Å²) in [6, 6.07) is 9.02. The van der Waals surface area contributed by atoms with Gasteiger partial charge in [-0.1, -0.05) is 12.1 Å². The fourth-order valence-electron chi connectivity index (χ4n) is 2.86. The van der Waals surface area contributed by atoms with E-state index >= 15 is 0 Å². The van der Waals surface area contributed by atoms with Gasteiger partial charge >= 0.3 is 23.9 Å². The monoisotopic (exact) mass is 490 g/mol. The summed E-state index contributed by atoms with van der Waals surface area (Å²) in [4.78, 5) is 61.2. The highest BCUT2D eigenvalue weighted by molar-refractivity contribution is 5.99. The normalized spacial score (nSPS) is 10.6. The molecule has 4 rings (SSSR count). The fourth-order valence-corrected chi connectivity index (χ4v) is 2.86. The summed E-state index contributed by atoms with van der Waals surface area (Å²) >= 11 is 0. The molecule has 4 aromatic heterocycles. The first kappa shape index (κ1) is 23.4. The SMILES string of the molecule is O=C(O)c1nnc(-c2cccc(-c3cccc(-c4nnc(C(=O)O)c(C(=O)O)n4)n3)n2)nc1C(=O)O. The largest absolute Gasteiger partial charge is 0.476 e. The van der Waals surface area contributed by atoms with E-state index in [0.717, 1.165) is 0 Å². The van der Waals surface area contributed by atoms with Crippen molar-refractivity contribution >= 4 is 23.9 Å². The minimum Gasteiger partial charge on any atom is -0.476 e. The lowest BCUT2D eigenvalue weighted by Gasteiger charge is -2.07. The molecule has 16 nitrogen and oxygen atoms in total. The Hall–Kier alpha value is -5.80. The Morgan fingerprint density at radius 2 is 0.778 bits per heavy atom. The van der Waals surface area contributed by atoms with E-state index in [2.05, 4.69) is 40.3 Å². The molecule has 4 N–H and O–H groups in total. The minimum absolute atomic E-state index is 0.0588. The number of carboxylic acid groups (broad SMARTS) is 4. The predicted molar refractivity (Wildman–Crippen MR) is 113 cm³/mol. The lowest BCUT2D eigenvalue weighted by molar-refractivity contribution is 0.0639. The van der Waals surface area contributed by atoms with Crippen LogP contribution in [-0.2, 0) is 0 Å². The highest BCUT2D eigenvalue weighted by atomic mass is 16.4. The number of nitrogens with zero attached hydrogens (tertiary/aromatic N) is 8. The van der Waals surface area contributed by atoms with Crippen LogP contribution in [0.15, 0.2) is 36.4 Å². The minimum atomic E-state index is -1.61. The van der Waals surface area contributed by atoms with E-state index in [1.54, 1.807) is 12.1 Å². The van der Waals surface area contributed by atoms with Gasteiger partial charge < -0.3 is 20.4 Å². The van der Waals surface area contributed by atoms with Crippen LogP contribution in [0, 0.1) is 0 Å². The summed E-state index contributed by atoms with van der Waals surface area (Å²) in [5.74, 6) is -6.95. The summed E-state index contributed by atoms with van der Waals surface area (Å²) < 4.78 is 0. The van der Waals surface area contributed by atoms with Crippen molar-refractivity contribution in [2.24, 2.45) is 0 Å². The highest BCUT2D eigenvalue weighted by Gasteiger charge is 2.24. The van der Waals surface area contributed by atoms with Crippen LogP contribution in [0.2, 0.25) is 0 Å². The van der Waals surface area contributed by atoms with E-state index < -0.39 is 46.7 Å². The van der Waals surface area contributed by atoms with Gasteiger partial charge in [-0.05, 0) is 24.3 Å². The summed E-state index contributed by atoms with van der Waals surface area (Å²) in [5, 5.41) is 50.7. The molecule has 0 atom stereocenters. The topological polar surface area (TPSA) is 252 Å². The number of aromatic carboxylic acids is 4. The molecule has 16 heteroatoms. The molecular weight excluding hydrogens is 480 g/mol. The molecule has 4 heterocycles. The molecule has 0 amide bonds. The van der Waals surface area contributed by atoms with Gasteiger partial charge in [-0.2, -0.15) is 0 Å². The van der Waals surface area contributed by atoms with Crippen LogP contribution in [0.4, 0.5) is 0 Å². The van der Waals surface area contributed by atoms with Crippen molar-refractivity contribution in [2.45, 2.75) is 0 Å². The molecule has 0 saturated heterocycles. The third-order valence-electron chi connectivity index (χ3n) is 4.40. The Balaban J connectivity index is 1.75. The number of pyridine rings is 2. The van der Waals surface area contributed by atoms with Crippen molar-refractivity contribution in [1.29, 1.82) is 0 Å². The van der Waals surface area contributed by atoms with E-state index in [1.807, 2.05) is 0 Å². The Bertz CT molecular complexity index is 1460. The lowest BCUT2D eigenvalue weighted by Crippen LogP contribution is -2.15. The van der Waals surface area contributed by atoms with Crippen molar-refractivity contribution in [1.82, 2.24) is 40.3 Å². The van der Waals surface area contributed by atoms with E-state index in [-0.39, 0.29) is 34.4 Å². The second-order valence-corrected chi connectivity index (χ2v) is 6.70. The third kappa shape index (κ3) is 4.49. The summed E-state index contributed by atoms with van der Waals surface area (Å²) in [5.41, 5.74) is -2.70. The smallest absolute Gasteiger partial charge is 0.358 e. The van der Waals surface area contributed by atoms with Gasteiger partial charge in [0, 0.05) is 0 Å². The van der Waals surface area contributed by atoms with Crippen LogP contribution in [-0.4, -0.2) is 84.6 Å². The molecule has 4 aromatic rings. The van der Waals surface area contributed by atoms with Gasteiger partial charge in [0.15, 0.2) is 11.4 Å². The maximum Gasteiger partial charge on any atom is 0.358 e. The van der Waals surface area contributed by atoms with Gasteiger partial charge in [-0.25, -0.2) is 39.1 Å². The molecule has 0 aliphatic rings. The molecule has 0 aromatic carbocycles. The fraction of sp³-hybridized carbons (Fsp3) is 0. The Morgan fingerprint density at radius 1 is 0.444 bits per heavy atom. The molecule has 0 fully saturated rings. The van der Waals surface area contributed by atoms with Crippen LogP contribution in [0.3, 0.4) is 0 Å². The van der Waals surface area contributed by atoms with Crippen LogP contribution in [0.25, 0.3) is 34.4 Å². The lowest BCUT2D eigenvalue weighted by atomic mass is 10.2. The van der Waals surface area contributed by atoms with E-state index in [1.165, 1.54) is 24.3 Å². The molecule has 0 spiro atoms. The predicted octanol–water partition coefficient (Wildman–Crippen LogP) is 0.640. The Labute approximate surface area is 198 Å². The van der Waals surface area contributed by atoms with Crippen LogP contribution in [0.1, 0.15) is 42.0 Å². The molecule has 178 valence electrons. The summed E-state index contributed by atoms with van der Waals surface area (Å²) in [7, 11) is 0.